The number of nitrogens with one attached hydrogen (secondary N) is 1. The van der Waals surface area contributed by atoms with E-state index in [9.17, 15) is 9.59 Å². The summed E-state index contributed by atoms with van der Waals surface area (Å²) >= 11 is 0. The number of pyridine rings is 1. The second-order valence-electron chi connectivity index (χ2n) is 5.14. The Balaban J connectivity index is 2.66. The van der Waals surface area contributed by atoms with Gasteiger partial charge in [0.2, 0.25) is 5.91 Å². The molecule has 0 aliphatic heterocycles. The van der Waals surface area contributed by atoms with Crippen LogP contribution >= 0.6 is 0 Å². The summed E-state index contributed by atoms with van der Waals surface area (Å²) in [5.41, 5.74) is 0.708. The molecule has 1 amide bonds. The van der Waals surface area contributed by atoms with Gasteiger partial charge < -0.3 is 10.4 Å². The lowest BCUT2D eigenvalue weighted by atomic mass is 9.85. The molecule has 0 radical (unpaired) electrons. The van der Waals surface area contributed by atoms with Gasteiger partial charge >= 0.3 is 5.97 Å². The molecular formula is C14H20N2O3. The van der Waals surface area contributed by atoms with Crippen LogP contribution in [0, 0.1) is 5.92 Å². The third kappa shape index (κ3) is 4.05. The minimum absolute atomic E-state index is 0.286. The Morgan fingerprint density at radius 3 is 2.63 bits per heavy atom. The standard InChI is InChI=1S/C14H20N2O3/c1-4-11(13(18)19)12(17)16-9-14(2,3)10-6-5-7-15-8-10/h5-8,11H,4,9H2,1-3H3,(H,16,17)(H,18,19). The summed E-state index contributed by atoms with van der Waals surface area (Å²) in [7, 11) is 0. The number of hydrogen-bond donors (Lipinski definition) is 2. The Morgan fingerprint density at radius 2 is 2.16 bits per heavy atom. The van der Waals surface area contributed by atoms with Crippen molar-refractivity contribution in [2.45, 2.75) is 32.6 Å². The molecule has 1 aromatic heterocycles. The van der Waals surface area contributed by atoms with Gasteiger partial charge in [0.05, 0.1) is 0 Å². The predicted octanol–water partition coefficient (Wildman–Crippen LogP) is 1.59. The van der Waals surface area contributed by atoms with Crippen molar-refractivity contribution in [3.63, 3.8) is 0 Å². The highest BCUT2D eigenvalue weighted by molar-refractivity contribution is 5.96. The van der Waals surface area contributed by atoms with E-state index in [0.29, 0.717) is 6.54 Å². The summed E-state index contributed by atoms with van der Waals surface area (Å²) in [5, 5.41) is 11.6. The number of aliphatic carboxylic acids is 1. The van der Waals surface area contributed by atoms with Crippen molar-refractivity contribution in [2.24, 2.45) is 5.92 Å². The second-order valence-corrected chi connectivity index (χ2v) is 5.14. The van der Waals surface area contributed by atoms with Gasteiger partial charge in [-0.25, -0.2) is 0 Å². The van der Waals surface area contributed by atoms with Crippen LogP contribution in [0.4, 0.5) is 0 Å². The molecule has 1 aromatic rings. The third-order valence-electron chi connectivity index (χ3n) is 3.17. The van der Waals surface area contributed by atoms with E-state index in [1.807, 2.05) is 26.0 Å². The number of rotatable bonds is 6. The molecule has 0 bridgehead atoms. The predicted molar refractivity (Wildman–Crippen MR) is 71.7 cm³/mol. The zero-order valence-electron chi connectivity index (χ0n) is 11.5. The minimum Gasteiger partial charge on any atom is -0.481 e. The summed E-state index contributed by atoms with van der Waals surface area (Å²) in [6.07, 6.45) is 3.73. The van der Waals surface area contributed by atoms with E-state index >= 15 is 0 Å². The van der Waals surface area contributed by atoms with E-state index < -0.39 is 17.8 Å². The molecule has 5 heteroatoms. The molecule has 2 N–H and O–H groups in total. The van der Waals surface area contributed by atoms with Crippen LogP contribution in [0.5, 0.6) is 0 Å². The zero-order valence-corrected chi connectivity index (χ0v) is 11.5. The van der Waals surface area contributed by atoms with Crippen molar-refractivity contribution in [3.05, 3.63) is 30.1 Å². The van der Waals surface area contributed by atoms with E-state index in [-0.39, 0.29) is 11.8 Å². The van der Waals surface area contributed by atoms with Gasteiger partial charge in [0, 0.05) is 24.4 Å². The second kappa shape index (κ2) is 6.31. The molecule has 0 aliphatic rings. The summed E-state index contributed by atoms with van der Waals surface area (Å²) in [6.45, 7) is 6.02. The largest absolute Gasteiger partial charge is 0.481 e. The highest BCUT2D eigenvalue weighted by Gasteiger charge is 2.27. The lowest BCUT2D eigenvalue weighted by Crippen LogP contribution is -2.41. The van der Waals surface area contributed by atoms with Gasteiger partial charge in [-0.2, -0.15) is 0 Å². The molecule has 1 unspecified atom stereocenters. The normalized spacial score (nSPS) is 12.8. The Morgan fingerprint density at radius 1 is 1.47 bits per heavy atom. The van der Waals surface area contributed by atoms with Crippen LogP contribution in [0.15, 0.2) is 24.5 Å². The summed E-state index contributed by atoms with van der Waals surface area (Å²) in [5.74, 6) is -2.50. The Labute approximate surface area is 113 Å². The van der Waals surface area contributed by atoms with Crippen molar-refractivity contribution in [2.75, 3.05) is 6.54 Å². The fourth-order valence-corrected chi connectivity index (χ4v) is 1.77. The number of carboxylic acids is 1. The van der Waals surface area contributed by atoms with Gasteiger partial charge in [0.1, 0.15) is 5.92 Å². The Kier molecular flexibility index (Phi) is 5.03. The number of carboxylic acid groups (broad SMARTS) is 1. The molecule has 19 heavy (non-hydrogen) atoms. The van der Waals surface area contributed by atoms with E-state index in [0.717, 1.165) is 5.56 Å². The molecule has 0 saturated carbocycles. The lowest BCUT2D eigenvalue weighted by Gasteiger charge is -2.25. The van der Waals surface area contributed by atoms with Gasteiger partial charge in [-0.05, 0) is 18.1 Å². The van der Waals surface area contributed by atoms with Gasteiger partial charge in [-0.3, -0.25) is 14.6 Å². The van der Waals surface area contributed by atoms with Crippen LogP contribution in [-0.2, 0) is 15.0 Å². The first-order chi connectivity index (χ1) is 8.88. The van der Waals surface area contributed by atoms with Crippen LogP contribution in [0.1, 0.15) is 32.8 Å². The van der Waals surface area contributed by atoms with E-state index in [1.54, 1.807) is 19.3 Å². The number of carbonyl (C=O) groups excluding carboxylic acids is 1. The fourth-order valence-electron chi connectivity index (χ4n) is 1.77. The molecule has 0 aliphatic carbocycles. The molecule has 5 nitrogen and oxygen atoms in total. The van der Waals surface area contributed by atoms with E-state index in [4.69, 9.17) is 5.11 Å². The summed E-state index contributed by atoms with van der Waals surface area (Å²) < 4.78 is 0. The van der Waals surface area contributed by atoms with Crippen LogP contribution in [-0.4, -0.2) is 28.5 Å². The van der Waals surface area contributed by atoms with Crippen molar-refractivity contribution < 1.29 is 14.7 Å². The van der Waals surface area contributed by atoms with Crippen LogP contribution < -0.4 is 5.32 Å². The zero-order chi connectivity index (χ0) is 14.5. The lowest BCUT2D eigenvalue weighted by molar-refractivity contribution is -0.147. The number of hydrogen-bond acceptors (Lipinski definition) is 3. The van der Waals surface area contributed by atoms with Gasteiger partial charge in [-0.1, -0.05) is 26.8 Å². The molecule has 0 saturated heterocycles. The molecule has 1 heterocycles. The third-order valence-corrected chi connectivity index (χ3v) is 3.17. The molecule has 0 spiro atoms. The maximum atomic E-state index is 11.8. The Bertz CT molecular complexity index is 443. The number of nitrogens with zero attached hydrogens (tertiary/aromatic N) is 1. The van der Waals surface area contributed by atoms with E-state index in [2.05, 4.69) is 10.3 Å². The van der Waals surface area contributed by atoms with Crippen molar-refractivity contribution in [1.82, 2.24) is 10.3 Å². The monoisotopic (exact) mass is 264 g/mol. The van der Waals surface area contributed by atoms with Gasteiger partial charge in [0.25, 0.3) is 0 Å². The maximum Gasteiger partial charge on any atom is 0.316 e. The highest BCUT2D eigenvalue weighted by Crippen LogP contribution is 2.21. The van der Waals surface area contributed by atoms with Crippen molar-refractivity contribution >= 4 is 11.9 Å². The fraction of sp³-hybridized carbons (Fsp3) is 0.500. The average Bonchev–Trinajstić information content (AvgIpc) is 2.38. The number of carbonyl (C=O) groups is 2. The van der Waals surface area contributed by atoms with Crippen molar-refractivity contribution in [3.8, 4) is 0 Å². The molecule has 1 atom stereocenters. The van der Waals surface area contributed by atoms with Crippen LogP contribution in [0.3, 0.4) is 0 Å². The minimum atomic E-state index is -1.08. The maximum absolute atomic E-state index is 11.8. The van der Waals surface area contributed by atoms with Crippen LogP contribution in [0.2, 0.25) is 0 Å². The first kappa shape index (κ1) is 15.1. The number of amides is 1. The quantitative estimate of drug-likeness (QED) is 0.765. The molecular weight excluding hydrogens is 244 g/mol. The van der Waals surface area contributed by atoms with Gasteiger partial charge in [-0.15, -0.1) is 0 Å². The molecule has 0 fully saturated rings. The average molecular weight is 264 g/mol. The SMILES string of the molecule is CCC(C(=O)O)C(=O)NCC(C)(C)c1cccnc1. The van der Waals surface area contributed by atoms with Crippen molar-refractivity contribution in [1.29, 1.82) is 0 Å². The summed E-state index contributed by atoms with van der Waals surface area (Å²) in [4.78, 5) is 26.7. The Hall–Kier alpha value is -1.91. The highest BCUT2D eigenvalue weighted by atomic mass is 16.4. The topological polar surface area (TPSA) is 79.3 Å². The molecule has 104 valence electrons. The molecule has 0 aromatic carbocycles. The smallest absolute Gasteiger partial charge is 0.316 e. The van der Waals surface area contributed by atoms with E-state index in [1.165, 1.54) is 0 Å². The van der Waals surface area contributed by atoms with Gasteiger partial charge in [0.15, 0.2) is 0 Å². The first-order valence-corrected chi connectivity index (χ1v) is 6.29. The first-order valence-electron chi connectivity index (χ1n) is 6.29. The molecule has 1 rings (SSSR count). The number of aromatic nitrogens is 1. The van der Waals surface area contributed by atoms with Crippen LogP contribution in [0.25, 0.3) is 0 Å². The summed E-state index contributed by atoms with van der Waals surface area (Å²) in [6, 6.07) is 3.78.